The molecule has 2 rings (SSSR count). The Bertz CT molecular complexity index is 336. The summed E-state index contributed by atoms with van der Waals surface area (Å²) in [5.74, 6) is -0.0690. The number of hydrogen-bond donors (Lipinski definition) is 2. The number of amides is 1. The number of nitrogens with one attached hydrogen (secondary N) is 2. The fourth-order valence-corrected chi connectivity index (χ4v) is 2.23. The van der Waals surface area contributed by atoms with Crippen molar-refractivity contribution in [1.82, 2.24) is 20.2 Å². The third-order valence-corrected chi connectivity index (χ3v) is 3.15. The first-order valence-electron chi connectivity index (χ1n) is 5.82. The third kappa shape index (κ3) is 2.41. The second-order valence-corrected chi connectivity index (χ2v) is 4.10. The van der Waals surface area contributed by atoms with Crippen molar-refractivity contribution in [2.75, 3.05) is 19.6 Å². The molecule has 1 aliphatic rings. The zero-order valence-corrected chi connectivity index (χ0v) is 9.57. The summed E-state index contributed by atoms with van der Waals surface area (Å²) in [6.07, 6.45) is 5.47. The number of aromatic amines is 1. The van der Waals surface area contributed by atoms with E-state index in [-0.39, 0.29) is 5.91 Å². The molecule has 0 radical (unpaired) electrons. The Morgan fingerprint density at radius 1 is 1.75 bits per heavy atom. The zero-order chi connectivity index (χ0) is 11.4. The lowest BCUT2D eigenvalue weighted by atomic mass is 10.2. The van der Waals surface area contributed by atoms with Crippen LogP contribution in [0.1, 0.15) is 30.3 Å². The van der Waals surface area contributed by atoms with E-state index in [1.807, 2.05) is 0 Å². The van der Waals surface area contributed by atoms with Crippen LogP contribution in [0.3, 0.4) is 0 Å². The van der Waals surface area contributed by atoms with Gasteiger partial charge in [-0.15, -0.1) is 0 Å². The van der Waals surface area contributed by atoms with Crippen LogP contribution in [0.2, 0.25) is 0 Å². The van der Waals surface area contributed by atoms with Gasteiger partial charge in [0.1, 0.15) is 5.69 Å². The van der Waals surface area contributed by atoms with E-state index in [1.54, 1.807) is 6.20 Å². The molecule has 0 aromatic carbocycles. The first-order chi connectivity index (χ1) is 7.81. The lowest BCUT2D eigenvalue weighted by Crippen LogP contribution is -2.40. The van der Waals surface area contributed by atoms with Crippen LogP contribution in [0.5, 0.6) is 0 Å². The second-order valence-electron chi connectivity index (χ2n) is 4.10. The smallest absolute Gasteiger partial charge is 0.269 e. The van der Waals surface area contributed by atoms with Crippen LogP contribution in [-0.2, 0) is 0 Å². The van der Waals surface area contributed by atoms with Gasteiger partial charge in [-0.1, -0.05) is 6.92 Å². The van der Waals surface area contributed by atoms with Gasteiger partial charge in [-0.05, 0) is 25.9 Å². The van der Waals surface area contributed by atoms with Crippen molar-refractivity contribution in [2.24, 2.45) is 0 Å². The number of rotatable bonds is 4. The molecular weight excluding hydrogens is 204 g/mol. The van der Waals surface area contributed by atoms with Crippen LogP contribution in [0.25, 0.3) is 0 Å². The summed E-state index contributed by atoms with van der Waals surface area (Å²) >= 11 is 0. The van der Waals surface area contributed by atoms with Crippen LogP contribution in [0.15, 0.2) is 12.5 Å². The lowest BCUT2D eigenvalue weighted by molar-refractivity contribution is 0.0937. The summed E-state index contributed by atoms with van der Waals surface area (Å²) in [6, 6.07) is 0.497. The summed E-state index contributed by atoms with van der Waals surface area (Å²) < 4.78 is 0. The van der Waals surface area contributed by atoms with E-state index in [9.17, 15) is 4.79 Å². The second kappa shape index (κ2) is 5.12. The monoisotopic (exact) mass is 222 g/mol. The maximum absolute atomic E-state index is 11.7. The van der Waals surface area contributed by atoms with E-state index in [0.29, 0.717) is 11.7 Å². The summed E-state index contributed by atoms with van der Waals surface area (Å²) in [6.45, 7) is 5.10. The van der Waals surface area contributed by atoms with Gasteiger partial charge in [0.25, 0.3) is 5.91 Å². The molecule has 0 spiro atoms. The van der Waals surface area contributed by atoms with Gasteiger partial charge in [-0.25, -0.2) is 4.98 Å². The summed E-state index contributed by atoms with van der Waals surface area (Å²) in [7, 11) is 0. The Morgan fingerprint density at radius 2 is 2.62 bits per heavy atom. The van der Waals surface area contributed by atoms with Crippen molar-refractivity contribution >= 4 is 5.91 Å². The third-order valence-electron chi connectivity index (χ3n) is 3.15. The molecule has 1 aromatic rings. The van der Waals surface area contributed by atoms with Crippen molar-refractivity contribution in [3.05, 3.63) is 18.2 Å². The molecule has 1 amide bonds. The van der Waals surface area contributed by atoms with Gasteiger partial charge in [0.05, 0.1) is 12.5 Å². The minimum atomic E-state index is -0.0690. The van der Waals surface area contributed by atoms with E-state index in [0.717, 1.165) is 19.6 Å². The molecule has 2 N–H and O–H groups in total. The summed E-state index contributed by atoms with van der Waals surface area (Å²) in [5.41, 5.74) is 0.529. The van der Waals surface area contributed by atoms with E-state index < -0.39 is 0 Å². The molecule has 16 heavy (non-hydrogen) atoms. The molecule has 5 heteroatoms. The first kappa shape index (κ1) is 11.1. The number of carbonyl (C=O) groups is 1. The molecular formula is C11H18N4O. The minimum Gasteiger partial charge on any atom is -0.349 e. The van der Waals surface area contributed by atoms with Crippen LogP contribution < -0.4 is 5.32 Å². The molecule has 1 atom stereocenters. The Hall–Kier alpha value is -1.36. The quantitative estimate of drug-likeness (QED) is 0.785. The Labute approximate surface area is 95.2 Å². The molecule has 0 saturated carbocycles. The highest BCUT2D eigenvalue weighted by Crippen LogP contribution is 2.15. The molecule has 0 bridgehead atoms. The maximum Gasteiger partial charge on any atom is 0.269 e. The predicted octanol–water partition coefficient (Wildman–Crippen LogP) is 0.624. The molecule has 1 fully saturated rings. The molecule has 5 nitrogen and oxygen atoms in total. The van der Waals surface area contributed by atoms with Gasteiger partial charge in [0.2, 0.25) is 0 Å². The van der Waals surface area contributed by atoms with Crippen molar-refractivity contribution < 1.29 is 4.79 Å². The fraction of sp³-hybridized carbons (Fsp3) is 0.636. The molecule has 1 unspecified atom stereocenters. The van der Waals surface area contributed by atoms with Gasteiger partial charge in [0.15, 0.2) is 0 Å². The number of H-pyrrole nitrogens is 1. The first-order valence-corrected chi connectivity index (χ1v) is 5.82. The minimum absolute atomic E-state index is 0.0690. The number of hydrogen-bond acceptors (Lipinski definition) is 3. The lowest BCUT2D eigenvalue weighted by Gasteiger charge is -2.22. The zero-order valence-electron chi connectivity index (χ0n) is 9.57. The number of likely N-dealkylation sites (N-methyl/N-ethyl adjacent to an activating group) is 1. The fourth-order valence-electron chi connectivity index (χ4n) is 2.23. The number of carbonyl (C=O) groups excluding carboxylic acids is 1. The van der Waals surface area contributed by atoms with E-state index in [4.69, 9.17) is 0 Å². The van der Waals surface area contributed by atoms with Gasteiger partial charge in [0, 0.05) is 12.6 Å². The molecule has 88 valence electrons. The average molecular weight is 222 g/mol. The topological polar surface area (TPSA) is 61.0 Å². The summed E-state index contributed by atoms with van der Waals surface area (Å²) in [5, 5.41) is 2.94. The Kier molecular flexibility index (Phi) is 3.56. The van der Waals surface area contributed by atoms with Crippen LogP contribution in [0.4, 0.5) is 0 Å². The predicted molar refractivity (Wildman–Crippen MR) is 61.2 cm³/mol. The number of imidazole rings is 1. The molecule has 1 aromatic heterocycles. The van der Waals surface area contributed by atoms with Crippen molar-refractivity contribution in [2.45, 2.75) is 25.8 Å². The molecule has 1 aliphatic heterocycles. The maximum atomic E-state index is 11.7. The largest absolute Gasteiger partial charge is 0.349 e. The highest BCUT2D eigenvalue weighted by atomic mass is 16.1. The molecule has 2 heterocycles. The van der Waals surface area contributed by atoms with Gasteiger partial charge >= 0.3 is 0 Å². The SMILES string of the molecule is CCN1CCCC1CNC(=O)c1cnc[nH]1. The summed E-state index contributed by atoms with van der Waals surface area (Å²) in [4.78, 5) is 20.7. The van der Waals surface area contributed by atoms with Crippen LogP contribution >= 0.6 is 0 Å². The van der Waals surface area contributed by atoms with Crippen molar-refractivity contribution in [1.29, 1.82) is 0 Å². The normalized spacial score (nSPS) is 21.2. The standard InChI is InChI=1S/C11H18N4O/c1-2-15-5-3-4-9(15)6-13-11(16)10-7-12-8-14-10/h7-9H,2-6H2,1H3,(H,12,14)(H,13,16). The number of likely N-dealkylation sites (tertiary alicyclic amines) is 1. The average Bonchev–Trinajstić information content (AvgIpc) is 2.96. The highest BCUT2D eigenvalue weighted by molar-refractivity contribution is 5.91. The van der Waals surface area contributed by atoms with Crippen LogP contribution in [-0.4, -0.2) is 46.5 Å². The van der Waals surface area contributed by atoms with Crippen molar-refractivity contribution in [3.8, 4) is 0 Å². The van der Waals surface area contributed by atoms with Crippen LogP contribution in [0, 0.1) is 0 Å². The van der Waals surface area contributed by atoms with E-state index >= 15 is 0 Å². The Morgan fingerprint density at radius 3 is 3.31 bits per heavy atom. The van der Waals surface area contributed by atoms with Gasteiger partial charge < -0.3 is 10.3 Å². The molecule has 1 saturated heterocycles. The number of nitrogens with zero attached hydrogens (tertiary/aromatic N) is 2. The highest BCUT2D eigenvalue weighted by Gasteiger charge is 2.23. The number of aromatic nitrogens is 2. The molecule has 0 aliphatic carbocycles. The van der Waals surface area contributed by atoms with E-state index in [1.165, 1.54) is 19.2 Å². The Balaban J connectivity index is 1.81. The van der Waals surface area contributed by atoms with Gasteiger partial charge in [-0.2, -0.15) is 0 Å². The van der Waals surface area contributed by atoms with Gasteiger partial charge in [-0.3, -0.25) is 9.69 Å². The van der Waals surface area contributed by atoms with Crippen molar-refractivity contribution in [3.63, 3.8) is 0 Å². The van der Waals surface area contributed by atoms with E-state index in [2.05, 4.69) is 27.1 Å².